The van der Waals surface area contributed by atoms with E-state index in [2.05, 4.69) is 0 Å². The molecular formula is C9H10F2Si. The SMILES string of the molecule is C[Si](F)(F)/C=C/c1ccccc1. The van der Waals surface area contributed by atoms with Gasteiger partial charge in [0.25, 0.3) is 0 Å². The standard InChI is InChI=1S/C9H10F2Si/c1-12(10,11)8-7-9-5-3-2-4-6-9/h2-8H,1H3/b8-7+. The third kappa shape index (κ3) is 3.43. The number of benzene rings is 1. The van der Waals surface area contributed by atoms with E-state index in [1.165, 1.54) is 6.08 Å². The summed E-state index contributed by atoms with van der Waals surface area (Å²) < 4.78 is 24.9. The van der Waals surface area contributed by atoms with Gasteiger partial charge in [0.2, 0.25) is 0 Å². The van der Waals surface area contributed by atoms with Gasteiger partial charge in [-0.2, -0.15) is 0 Å². The van der Waals surface area contributed by atoms with Crippen molar-refractivity contribution in [2.24, 2.45) is 0 Å². The first-order valence-corrected chi connectivity index (χ1v) is 6.03. The number of hydrogen-bond donors (Lipinski definition) is 0. The smallest absolute Gasteiger partial charge is 0.265 e. The molecule has 0 unspecified atom stereocenters. The Bertz CT molecular complexity index is 262. The van der Waals surface area contributed by atoms with E-state index >= 15 is 0 Å². The summed E-state index contributed by atoms with van der Waals surface area (Å²) in [6, 6.07) is 9.12. The molecule has 0 aliphatic rings. The number of hydrogen-bond acceptors (Lipinski definition) is 0. The van der Waals surface area contributed by atoms with Crippen LogP contribution in [0.2, 0.25) is 6.55 Å². The van der Waals surface area contributed by atoms with Crippen LogP contribution in [0.25, 0.3) is 6.08 Å². The first-order chi connectivity index (χ1) is 5.58. The fourth-order valence-corrected chi connectivity index (χ4v) is 1.29. The molecule has 64 valence electrons. The van der Waals surface area contributed by atoms with Gasteiger partial charge < -0.3 is 0 Å². The summed E-state index contributed by atoms with van der Waals surface area (Å²) in [7, 11) is -4.02. The molecule has 0 saturated heterocycles. The summed E-state index contributed by atoms with van der Waals surface area (Å²) >= 11 is 0. The lowest BCUT2D eigenvalue weighted by molar-refractivity contribution is 0.640. The highest BCUT2D eigenvalue weighted by atomic mass is 28.4. The average molecular weight is 184 g/mol. The Labute approximate surface area is 71.9 Å². The quantitative estimate of drug-likeness (QED) is 0.489. The summed E-state index contributed by atoms with van der Waals surface area (Å²) in [6.45, 7) is 1.01. The van der Waals surface area contributed by atoms with E-state index < -0.39 is 8.74 Å². The van der Waals surface area contributed by atoms with Gasteiger partial charge >= 0.3 is 8.74 Å². The fraction of sp³-hybridized carbons (Fsp3) is 0.111. The Morgan fingerprint density at radius 1 is 1.17 bits per heavy atom. The summed E-state index contributed by atoms with van der Waals surface area (Å²) in [5.41, 5.74) is 1.86. The third-order valence-electron chi connectivity index (χ3n) is 1.37. The van der Waals surface area contributed by atoms with Gasteiger partial charge in [-0.25, -0.2) is 0 Å². The number of rotatable bonds is 2. The minimum absolute atomic E-state index is 0.825. The summed E-state index contributed by atoms with van der Waals surface area (Å²) in [5.74, 6) is 0. The van der Waals surface area contributed by atoms with Crippen molar-refractivity contribution < 1.29 is 8.22 Å². The van der Waals surface area contributed by atoms with Gasteiger partial charge in [-0.1, -0.05) is 36.4 Å². The van der Waals surface area contributed by atoms with Crippen LogP contribution in [0.5, 0.6) is 0 Å². The van der Waals surface area contributed by atoms with Crippen molar-refractivity contribution in [3.05, 3.63) is 41.6 Å². The highest BCUT2D eigenvalue weighted by Crippen LogP contribution is 2.10. The van der Waals surface area contributed by atoms with Gasteiger partial charge in [0.05, 0.1) is 0 Å². The van der Waals surface area contributed by atoms with Crippen molar-refractivity contribution in [2.75, 3.05) is 0 Å². The van der Waals surface area contributed by atoms with Crippen LogP contribution in [-0.4, -0.2) is 8.74 Å². The van der Waals surface area contributed by atoms with Crippen LogP contribution < -0.4 is 0 Å². The molecule has 12 heavy (non-hydrogen) atoms. The van der Waals surface area contributed by atoms with Crippen molar-refractivity contribution >= 4 is 14.8 Å². The third-order valence-corrected chi connectivity index (χ3v) is 2.12. The van der Waals surface area contributed by atoms with Crippen molar-refractivity contribution in [1.82, 2.24) is 0 Å². The van der Waals surface area contributed by atoms with Crippen molar-refractivity contribution in [1.29, 1.82) is 0 Å². The Balaban J connectivity index is 2.71. The van der Waals surface area contributed by atoms with E-state index in [1.54, 1.807) is 12.1 Å². The van der Waals surface area contributed by atoms with E-state index in [0.717, 1.165) is 17.8 Å². The minimum Gasteiger partial charge on any atom is -0.265 e. The van der Waals surface area contributed by atoms with Crippen molar-refractivity contribution in [2.45, 2.75) is 6.55 Å². The molecule has 0 nitrogen and oxygen atoms in total. The van der Waals surface area contributed by atoms with E-state index in [1.807, 2.05) is 18.2 Å². The second-order valence-electron chi connectivity index (χ2n) is 2.70. The van der Waals surface area contributed by atoms with Crippen LogP contribution in [0.1, 0.15) is 5.56 Å². The second kappa shape index (κ2) is 3.63. The molecule has 0 bridgehead atoms. The molecule has 0 atom stereocenters. The van der Waals surface area contributed by atoms with Gasteiger partial charge in [0.1, 0.15) is 0 Å². The van der Waals surface area contributed by atoms with Crippen LogP contribution in [-0.2, 0) is 0 Å². The molecule has 0 spiro atoms. The molecular weight excluding hydrogens is 174 g/mol. The molecule has 0 aliphatic heterocycles. The molecule has 0 aromatic heterocycles. The predicted molar refractivity (Wildman–Crippen MR) is 49.3 cm³/mol. The molecule has 0 radical (unpaired) electrons. The second-order valence-corrected chi connectivity index (χ2v) is 4.95. The zero-order valence-corrected chi connectivity index (χ0v) is 7.80. The van der Waals surface area contributed by atoms with Crippen molar-refractivity contribution in [3.8, 4) is 0 Å². The topological polar surface area (TPSA) is 0 Å². The molecule has 0 heterocycles. The molecule has 0 saturated carbocycles. The molecule has 0 aliphatic carbocycles. The lowest BCUT2D eigenvalue weighted by Gasteiger charge is -1.97. The molecule has 3 heteroatoms. The molecule has 0 amide bonds. The molecule has 1 aromatic carbocycles. The largest absolute Gasteiger partial charge is 0.445 e. The zero-order chi connectivity index (χ0) is 9.03. The maximum Gasteiger partial charge on any atom is 0.445 e. The highest BCUT2D eigenvalue weighted by molar-refractivity contribution is 6.70. The first kappa shape index (κ1) is 9.13. The Morgan fingerprint density at radius 3 is 2.25 bits per heavy atom. The van der Waals surface area contributed by atoms with Crippen molar-refractivity contribution in [3.63, 3.8) is 0 Å². The lowest BCUT2D eigenvalue weighted by atomic mass is 10.2. The number of halogens is 2. The van der Waals surface area contributed by atoms with Gasteiger partial charge in [0.15, 0.2) is 0 Å². The van der Waals surface area contributed by atoms with Gasteiger partial charge in [0, 0.05) is 0 Å². The maximum atomic E-state index is 12.5. The Morgan fingerprint density at radius 2 is 1.75 bits per heavy atom. The zero-order valence-electron chi connectivity index (χ0n) is 6.80. The van der Waals surface area contributed by atoms with Crippen LogP contribution in [0, 0.1) is 0 Å². The minimum atomic E-state index is -4.02. The van der Waals surface area contributed by atoms with Crippen LogP contribution >= 0.6 is 0 Å². The van der Waals surface area contributed by atoms with Crippen LogP contribution in [0.15, 0.2) is 36.0 Å². The fourth-order valence-electron chi connectivity index (χ4n) is 0.807. The monoisotopic (exact) mass is 184 g/mol. The van der Waals surface area contributed by atoms with Gasteiger partial charge in [-0.3, -0.25) is 8.22 Å². The summed E-state index contributed by atoms with van der Waals surface area (Å²) in [4.78, 5) is 0. The van der Waals surface area contributed by atoms with E-state index in [4.69, 9.17) is 0 Å². The summed E-state index contributed by atoms with van der Waals surface area (Å²) in [5, 5.41) is 0. The molecule has 1 rings (SSSR count). The van der Waals surface area contributed by atoms with E-state index in [-0.39, 0.29) is 0 Å². The highest BCUT2D eigenvalue weighted by Gasteiger charge is 2.22. The maximum absolute atomic E-state index is 12.5. The molecule has 1 aromatic rings. The summed E-state index contributed by atoms with van der Waals surface area (Å²) in [6.07, 6.45) is 1.48. The Hall–Kier alpha value is -0.963. The lowest BCUT2D eigenvalue weighted by Crippen LogP contribution is -2.11. The molecule has 0 fully saturated rings. The first-order valence-electron chi connectivity index (χ1n) is 3.70. The average Bonchev–Trinajstić information content (AvgIpc) is 2.02. The Kier molecular flexibility index (Phi) is 2.76. The van der Waals surface area contributed by atoms with Crippen LogP contribution in [0.4, 0.5) is 8.22 Å². The molecule has 0 N–H and O–H groups in total. The van der Waals surface area contributed by atoms with Gasteiger partial charge in [-0.15, -0.1) is 0 Å². The van der Waals surface area contributed by atoms with E-state index in [0.29, 0.717) is 0 Å². The predicted octanol–water partition coefficient (Wildman–Crippen LogP) is 3.25. The van der Waals surface area contributed by atoms with E-state index in [9.17, 15) is 8.22 Å². The normalized spacial score (nSPS) is 12.2. The van der Waals surface area contributed by atoms with Crippen LogP contribution in [0.3, 0.4) is 0 Å². The van der Waals surface area contributed by atoms with Gasteiger partial charge in [-0.05, 0) is 17.8 Å².